The Morgan fingerprint density at radius 3 is 2.64 bits per heavy atom. The van der Waals surface area contributed by atoms with Crippen LogP contribution in [-0.2, 0) is 11.8 Å². The fourth-order valence-corrected chi connectivity index (χ4v) is 4.39. The van der Waals surface area contributed by atoms with Gasteiger partial charge in [-0.05, 0) is 30.9 Å². The fourth-order valence-electron chi connectivity index (χ4n) is 4.39. The van der Waals surface area contributed by atoms with E-state index in [2.05, 4.69) is 40.7 Å². The molecule has 0 bridgehead atoms. The van der Waals surface area contributed by atoms with E-state index in [-0.39, 0.29) is 11.3 Å². The summed E-state index contributed by atoms with van der Waals surface area (Å²) in [5, 5.41) is 8.03. The number of benzene rings is 1. The first-order chi connectivity index (χ1) is 13.6. The molecule has 150 valence electrons. The summed E-state index contributed by atoms with van der Waals surface area (Å²) in [5.74, 6) is 0.664. The maximum absolute atomic E-state index is 12.7. The quantitative estimate of drug-likeness (QED) is 0.799. The molecule has 2 aromatic rings. The third kappa shape index (κ3) is 4.13. The van der Waals surface area contributed by atoms with Gasteiger partial charge in [-0.25, -0.2) is 0 Å². The van der Waals surface area contributed by atoms with Crippen LogP contribution >= 0.6 is 0 Å². The molecule has 0 unspecified atom stereocenters. The van der Waals surface area contributed by atoms with Gasteiger partial charge in [0.15, 0.2) is 0 Å². The van der Waals surface area contributed by atoms with Crippen molar-refractivity contribution < 1.29 is 9.53 Å². The number of likely N-dealkylation sites (tertiary alicyclic amines) is 1. The van der Waals surface area contributed by atoms with Crippen LogP contribution in [0.1, 0.15) is 41.2 Å². The smallest absolute Gasteiger partial charge is 0.274 e. The average molecular weight is 383 g/mol. The third-order valence-electron chi connectivity index (χ3n) is 6.25. The lowest BCUT2D eigenvalue weighted by molar-refractivity contribution is 0.0199. The van der Waals surface area contributed by atoms with Crippen LogP contribution in [0.2, 0.25) is 0 Å². The van der Waals surface area contributed by atoms with Crippen molar-refractivity contribution in [3.63, 3.8) is 0 Å². The second-order valence-electron chi connectivity index (χ2n) is 8.34. The predicted molar refractivity (Wildman–Crippen MR) is 108 cm³/mol. The molecule has 2 atom stereocenters. The molecule has 1 aliphatic carbocycles. The summed E-state index contributed by atoms with van der Waals surface area (Å²) in [7, 11) is 3.61. The highest BCUT2D eigenvalue weighted by Gasteiger charge is 2.42. The second kappa shape index (κ2) is 8.05. The number of piperidine rings is 1. The number of ether oxygens (including phenoxy) is 1. The van der Waals surface area contributed by atoms with Crippen molar-refractivity contribution in [2.45, 2.75) is 31.2 Å². The standard InChI is InChI=1S/C22H30N4O2/c1-25-11-8-19(24-25)21(27)26-12-9-22(10-13-26,16-28-2)15-23-20-14-18(20)17-6-4-3-5-7-17/h3-8,11,18,20,23H,9-10,12-16H2,1-2H3/t18-,20+/m0/s1. The van der Waals surface area contributed by atoms with E-state index in [1.165, 1.54) is 12.0 Å². The average Bonchev–Trinajstić information content (AvgIpc) is 3.38. The molecule has 0 radical (unpaired) electrons. The first-order valence-corrected chi connectivity index (χ1v) is 10.2. The van der Waals surface area contributed by atoms with Crippen molar-refractivity contribution in [2.75, 3.05) is 33.4 Å². The van der Waals surface area contributed by atoms with Crippen molar-refractivity contribution in [3.8, 4) is 0 Å². The monoisotopic (exact) mass is 382 g/mol. The van der Waals surface area contributed by atoms with Crippen LogP contribution in [0.4, 0.5) is 0 Å². The maximum Gasteiger partial charge on any atom is 0.274 e. The summed E-state index contributed by atoms with van der Waals surface area (Å²) in [4.78, 5) is 14.6. The number of hydrogen-bond acceptors (Lipinski definition) is 4. The Kier molecular flexibility index (Phi) is 5.51. The van der Waals surface area contributed by atoms with Crippen molar-refractivity contribution in [2.24, 2.45) is 12.5 Å². The molecule has 4 rings (SSSR count). The van der Waals surface area contributed by atoms with Crippen molar-refractivity contribution >= 4 is 5.91 Å². The molecule has 2 fully saturated rings. The Morgan fingerprint density at radius 2 is 2.00 bits per heavy atom. The van der Waals surface area contributed by atoms with Crippen LogP contribution in [-0.4, -0.2) is 60.0 Å². The summed E-state index contributed by atoms with van der Waals surface area (Å²) in [5.41, 5.74) is 2.06. The van der Waals surface area contributed by atoms with E-state index in [9.17, 15) is 4.79 Å². The molecule has 1 amide bonds. The Morgan fingerprint density at radius 1 is 1.25 bits per heavy atom. The molecule has 1 aromatic heterocycles. The van der Waals surface area contributed by atoms with E-state index < -0.39 is 0 Å². The summed E-state index contributed by atoms with van der Waals surface area (Å²) >= 11 is 0. The highest BCUT2D eigenvalue weighted by molar-refractivity contribution is 5.92. The van der Waals surface area contributed by atoms with Crippen LogP contribution in [0.25, 0.3) is 0 Å². The summed E-state index contributed by atoms with van der Waals surface area (Å²) in [6, 6.07) is 13.1. The van der Waals surface area contributed by atoms with Gasteiger partial charge in [-0.2, -0.15) is 5.10 Å². The van der Waals surface area contributed by atoms with Gasteiger partial charge in [-0.3, -0.25) is 9.48 Å². The number of aromatic nitrogens is 2. The Balaban J connectivity index is 1.31. The first-order valence-electron chi connectivity index (χ1n) is 10.2. The van der Waals surface area contributed by atoms with Crippen LogP contribution < -0.4 is 5.32 Å². The topological polar surface area (TPSA) is 59.4 Å². The number of amides is 1. The molecule has 0 spiro atoms. The zero-order valence-corrected chi connectivity index (χ0v) is 16.8. The number of carbonyl (C=O) groups excluding carboxylic acids is 1. The Bertz CT molecular complexity index is 796. The van der Waals surface area contributed by atoms with E-state index in [0.29, 0.717) is 17.7 Å². The van der Waals surface area contributed by atoms with Gasteiger partial charge < -0.3 is 15.0 Å². The number of aryl methyl sites for hydroxylation is 1. The van der Waals surface area contributed by atoms with Crippen LogP contribution in [0.3, 0.4) is 0 Å². The highest BCUT2D eigenvalue weighted by Crippen LogP contribution is 2.42. The molecule has 1 saturated heterocycles. The largest absolute Gasteiger partial charge is 0.384 e. The number of rotatable bonds is 7. The summed E-state index contributed by atoms with van der Waals surface area (Å²) in [6.07, 6.45) is 4.93. The van der Waals surface area contributed by atoms with Gasteiger partial charge in [0.05, 0.1) is 6.61 Å². The van der Waals surface area contributed by atoms with Gasteiger partial charge in [0.25, 0.3) is 5.91 Å². The molecule has 2 heterocycles. The highest BCUT2D eigenvalue weighted by atomic mass is 16.5. The molecule has 28 heavy (non-hydrogen) atoms. The number of carbonyl (C=O) groups is 1. The van der Waals surface area contributed by atoms with E-state index in [1.54, 1.807) is 17.9 Å². The molecular formula is C22H30N4O2. The second-order valence-corrected chi connectivity index (χ2v) is 8.34. The van der Waals surface area contributed by atoms with Crippen molar-refractivity contribution in [1.82, 2.24) is 20.0 Å². The van der Waals surface area contributed by atoms with E-state index in [4.69, 9.17) is 4.74 Å². The van der Waals surface area contributed by atoms with Crippen LogP contribution in [0.15, 0.2) is 42.6 Å². The Hall–Kier alpha value is -2.18. The lowest BCUT2D eigenvalue weighted by atomic mass is 9.78. The zero-order chi connectivity index (χ0) is 19.6. The van der Waals surface area contributed by atoms with Crippen LogP contribution in [0, 0.1) is 5.41 Å². The number of methoxy groups -OCH3 is 1. The maximum atomic E-state index is 12.7. The van der Waals surface area contributed by atoms with Gasteiger partial charge in [-0.1, -0.05) is 30.3 Å². The molecule has 2 aliphatic rings. The number of nitrogens with zero attached hydrogens (tertiary/aromatic N) is 3. The molecule has 1 N–H and O–H groups in total. The molecule has 6 nitrogen and oxygen atoms in total. The van der Waals surface area contributed by atoms with E-state index in [1.807, 2.05) is 18.1 Å². The van der Waals surface area contributed by atoms with E-state index >= 15 is 0 Å². The van der Waals surface area contributed by atoms with Crippen molar-refractivity contribution in [3.05, 3.63) is 53.9 Å². The van der Waals surface area contributed by atoms with Crippen molar-refractivity contribution in [1.29, 1.82) is 0 Å². The number of nitrogens with one attached hydrogen (secondary N) is 1. The minimum absolute atomic E-state index is 0.0333. The van der Waals surface area contributed by atoms with Gasteiger partial charge >= 0.3 is 0 Å². The van der Waals surface area contributed by atoms with Gasteiger partial charge in [0, 0.05) is 57.4 Å². The lowest BCUT2D eigenvalue weighted by Crippen LogP contribution is -2.49. The lowest BCUT2D eigenvalue weighted by Gasteiger charge is -2.41. The molecular weight excluding hydrogens is 352 g/mol. The van der Waals surface area contributed by atoms with E-state index in [0.717, 1.165) is 39.1 Å². The zero-order valence-electron chi connectivity index (χ0n) is 16.8. The minimum atomic E-state index is 0.0333. The normalized spacial score (nSPS) is 23.6. The Labute approximate surface area is 166 Å². The minimum Gasteiger partial charge on any atom is -0.384 e. The fraction of sp³-hybridized carbons (Fsp3) is 0.545. The molecule has 1 aromatic carbocycles. The van der Waals surface area contributed by atoms with Gasteiger partial charge in [0.2, 0.25) is 0 Å². The summed E-state index contributed by atoms with van der Waals surface area (Å²) < 4.78 is 7.25. The molecule has 1 aliphatic heterocycles. The molecule has 1 saturated carbocycles. The predicted octanol–water partition coefficient (Wildman–Crippen LogP) is 2.43. The molecule has 6 heteroatoms. The third-order valence-corrected chi connectivity index (χ3v) is 6.25. The SMILES string of the molecule is COCC1(CN[C@@H]2C[C@H]2c2ccccc2)CCN(C(=O)c2ccn(C)n2)CC1. The van der Waals surface area contributed by atoms with Gasteiger partial charge in [0.1, 0.15) is 5.69 Å². The number of hydrogen-bond donors (Lipinski definition) is 1. The first kappa shape index (κ1) is 19.2. The van der Waals surface area contributed by atoms with Crippen LogP contribution in [0.5, 0.6) is 0 Å². The van der Waals surface area contributed by atoms with Gasteiger partial charge in [-0.15, -0.1) is 0 Å². The summed E-state index contributed by atoms with van der Waals surface area (Å²) in [6.45, 7) is 3.19.